The van der Waals surface area contributed by atoms with Gasteiger partial charge in [-0.2, -0.15) is 0 Å². The molecule has 1 atom stereocenters. The van der Waals surface area contributed by atoms with Crippen molar-refractivity contribution in [3.63, 3.8) is 0 Å². The van der Waals surface area contributed by atoms with Gasteiger partial charge in [0.05, 0.1) is 0 Å². The van der Waals surface area contributed by atoms with Crippen LogP contribution in [0.4, 0.5) is 0 Å². The van der Waals surface area contributed by atoms with E-state index in [1.807, 2.05) is 18.3 Å². The van der Waals surface area contributed by atoms with E-state index in [2.05, 4.69) is 43.8 Å². The first kappa shape index (κ1) is 18.9. The molecule has 0 spiro atoms. The highest BCUT2D eigenvalue weighted by Gasteiger charge is 2.20. The van der Waals surface area contributed by atoms with E-state index in [0.29, 0.717) is 6.04 Å². The molecule has 0 bridgehead atoms. The molecule has 1 N–H and O–H groups in total. The summed E-state index contributed by atoms with van der Waals surface area (Å²) in [6.07, 6.45) is 4.93. The summed E-state index contributed by atoms with van der Waals surface area (Å²) in [5.41, 5.74) is 1.27. The predicted molar refractivity (Wildman–Crippen MR) is 88.4 cm³/mol. The van der Waals surface area contributed by atoms with E-state index in [4.69, 9.17) is 0 Å². The third kappa shape index (κ3) is 5.40. The molecule has 1 saturated heterocycles. The minimum Gasteiger partial charge on any atom is -0.314 e. The topological polar surface area (TPSA) is 28.2 Å². The molecule has 0 saturated carbocycles. The molecular weight excluding hydrogens is 349 g/mol. The number of aromatic nitrogens is 1. The van der Waals surface area contributed by atoms with E-state index in [1.54, 1.807) is 0 Å². The van der Waals surface area contributed by atoms with Crippen LogP contribution in [0.25, 0.3) is 0 Å². The van der Waals surface area contributed by atoms with Gasteiger partial charge in [-0.05, 0) is 34.0 Å². The Morgan fingerprint density at radius 3 is 2.58 bits per heavy atom. The summed E-state index contributed by atoms with van der Waals surface area (Å²) < 4.78 is 0.888. The highest BCUT2D eigenvalue weighted by molar-refractivity contribution is 9.10. The number of nitrogens with one attached hydrogen (secondary N) is 1. The molecule has 6 heteroatoms. The van der Waals surface area contributed by atoms with Gasteiger partial charge in [-0.15, -0.1) is 31.4 Å². The zero-order valence-electron chi connectivity index (χ0n) is 10.7. The highest BCUT2D eigenvalue weighted by Crippen LogP contribution is 2.25. The third-order valence-electron chi connectivity index (χ3n) is 3.12. The molecule has 1 aliphatic rings. The van der Waals surface area contributed by atoms with Crippen molar-refractivity contribution in [2.45, 2.75) is 12.5 Å². The second kappa shape index (κ2) is 9.72. The van der Waals surface area contributed by atoms with Crippen LogP contribution in [0.15, 0.2) is 35.6 Å². The van der Waals surface area contributed by atoms with Crippen molar-refractivity contribution in [3.8, 4) is 0 Å². The van der Waals surface area contributed by atoms with Gasteiger partial charge in [0.1, 0.15) is 4.60 Å². The lowest BCUT2D eigenvalue weighted by molar-refractivity contribution is 0.174. The van der Waals surface area contributed by atoms with Crippen molar-refractivity contribution in [1.82, 2.24) is 15.2 Å². The Bertz CT molecular complexity index is 367. The number of rotatable bonds is 4. The number of halogens is 3. The normalized spacial score (nSPS) is 16.9. The lowest BCUT2D eigenvalue weighted by Crippen LogP contribution is -2.45. The van der Waals surface area contributed by atoms with Gasteiger partial charge < -0.3 is 5.32 Å². The van der Waals surface area contributed by atoms with Gasteiger partial charge in [0.25, 0.3) is 0 Å². The molecule has 2 heterocycles. The Kier molecular flexibility index (Phi) is 9.66. The average molecular weight is 369 g/mol. The van der Waals surface area contributed by atoms with E-state index in [-0.39, 0.29) is 24.8 Å². The monoisotopic (exact) mass is 367 g/mol. The first-order chi connectivity index (χ1) is 8.31. The summed E-state index contributed by atoms with van der Waals surface area (Å²) >= 11 is 3.37. The highest BCUT2D eigenvalue weighted by atomic mass is 79.9. The van der Waals surface area contributed by atoms with Crippen LogP contribution in [-0.2, 0) is 0 Å². The second-order valence-electron chi connectivity index (χ2n) is 4.24. The molecule has 0 aliphatic carbocycles. The van der Waals surface area contributed by atoms with Crippen LogP contribution in [0.3, 0.4) is 0 Å². The van der Waals surface area contributed by atoms with Gasteiger partial charge in [-0.25, -0.2) is 4.98 Å². The molecule has 0 amide bonds. The number of hydrogen-bond donors (Lipinski definition) is 1. The molecule has 1 aromatic rings. The van der Waals surface area contributed by atoms with Gasteiger partial charge in [-0.1, -0.05) is 12.1 Å². The summed E-state index contributed by atoms with van der Waals surface area (Å²) in [6.45, 7) is 8.18. The summed E-state index contributed by atoms with van der Waals surface area (Å²) in [5.74, 6) is 0. The number of piperazine rings is 1. The quantitative estimate of drug-likeness (QED) is 0.653. The van der Waals surface area contributed by atoms with E-state index in [0.717, 1.165) is 37.2 Å². The molecule has 19 heavy (non-hydrogen) atoms. The maximum absolute atomic E-state index is 4.32. The van der Waals surface area contributed by atoms with Crippen molar-refractivity contribution in [2.75, 3.05) is 26.2 Å². The lowest BCUT2D eigenvalue weighted by Gasteiger charge is -2.34. The maximum Gasteiger partial charge on any atom is 0.106 e. The molecule has 0 unspecified atom stereocenters. The van der Waals surface area contributed by atoms with E-state index >= 15 is 0 Å². The van der Waals surface area contributed by atoms with E-state index < -0.39 is 0 Å². The fraction of sp³-hybridized carbons (Fsp3) is 0.462. The van der Waals surface area contributed by atoms with Crippen molar-refractivity contribution in [3.05, 3.63) is 41.2 Å². The van der Waals surface area contributed by atoms with Gasteiger partial charge in [0, 0.05) is 38.4 Å². The summed E-state index contributed by atoms with van der Waals surface area (Å²) in [7, 11) is 0. The van der Waals surface area contributed by atoms with Crippen LogP contribution in [0, 0.1) is 0 Å². The Balaban J connectivity index is 0.00000162. The SMILES string of the molecule is C=CC[C@@H](c1ccc(Br)nc1)N1CCNCC1.Cl.Cl. The van der Waals surface area contributed by atoms with Crippen molar-refractivity contribution >= 4 is 40.7 Å². The fourth-order valence-corrected chi connectivity index (χ4v) is 2.47. The van der Waals surface area contributed by atoms with E-state index in [9.17, 15) is 0 Å². The summed E-state index contributed by atoms with van der Waals surface area (Å²) in [5, 5.41) is 3.38. The van der Waals surface area contributed by atoms with Gasteiger partial charge in [-0.3, -0.25) is 4.90 Å². The zero-order chi connectivity index (χ0) is 12.1. The van der Waals surface area contributed by atoms with Crippen LogP contribution in [0.1, 0.15) is 18.0 Å². The van der Waals surface area contributed by atoms with Gasteiger partial charge in [0.2, 0.25) is 0 Å². The van der Waals surface area contributed by atoms with Crippen LogP contribution in [0.5, 0.6) is 0 Å². The molecular formula is C13H20BrCl2N3. The van der Waals surface area contributed by atoms with Crippen molar-refractivity contribution in [2.24, 2.45) is 0 Å². The van der Waals surface area contributed by atoms with Crippen LogP contribution in [0.2, 0.25) is 0 Å². The van der Waals surface area contributed by atoms with Crippen LogP contribution in [-0.4, -0.2) is 36.1 Å². The number of nitrogens with zero attached hydrogens (tertiary/aromatic N) is 2. The second-order valence-corrected chi connectivity index (χ2v) is 5.05. The van der Waals surface area contributed by atoms with E-state index in [1.165, 1.54) is 5.56 Å². The molecule has 2 rings (SSSR count). The molecule has 1 fully saturated rings. The molecule has 1 aliphatic heterocycles. The third-order valence-corrected chi connectivity index (χ3v) is 3.59. The Labute approximate surface area is 135 Å². The first-order valence-corrected chi connectivity index (χ1v) is 6.77. The Hall–Kier alpha value is -0.130. The smallest absolute Gasteiger partial charge is 0.106 e. The molecule has 0 radical (unpaired) electrons. The van der Waals surface area contributed by atoms with Crippen molar-refractivity contribution in [1.29, 1.82) is 0 Å². The number of hydrogen-bond acceptors (Lipinski definition) is 3. The van der Waals surface area contributed by atoms with Crippen molar-refractivity contribution < 1.29 is 0 Å². The zero-order valence-corrected chi connectivity index (χ0v) is 13.9. The molecule has 0 aromatic carbocycles. The first-order valence-electron chi connectivity index (χ1n) is 5.98. The summed E-state index contributed by atoms with van der Waals surface area (Å²) in [6, 6.07) is 4.57. The van der Waals surface area contributed by atoms with Crippen LogP contribution < -0.4 is 5.32 Å². The molecule has 108 valence electrons. The molecule has 3 nitrogen and oxygen atoms in total. The van der Waals surface area contributed by atoms with Crippen LogP contribution >= 0.6 is 40.7 Å². The Morgan fingerprint density at radius 1 is 1.37 bits per heavy atom. The molecule has 1 aromatic heterocycles. The minimum atomic E-state index is 0. The fourth-order valence-electron chi connectivity index (χ4n) is 2.23. The number of pyridine rings is 1. The van der Waals surface area contributed by atoms with Gasteiger partial charge >= 0.3 is 0 Å². The lowest BCUT2D eigenvalue weighted by atomic mass is 10.0. The predicted octanol–water partition coefficient (Wildman–Crippen LogP) is 3.21. The Morgan fingerprint density at radius 2 is 2.05 bits per heavy atom. The average Bonchev–Trinajstić information content (AvgIpc) is 2.38. The largest absolute Gasteiger partial charge is 0.314 e. The van der Waals surface area contributed by atoms with Gasteiger partial charge in [0.15, 0.2) is 0 Å². The standard InChI is InChI=1S/C13H18BrN3.2ClH/c1-2-3-12(17-8-6-15-7-9-17)11-4-5-13(14)16-10-11;;/h2,4-5,10,12,15H,1,3,6-9H2;2*1H/t12-;;/m0../s1. The summed E-state index contributed by atoms with van der Waals surface area (Å²) in [4.78, 5) is 6.82. The maximum atomic E-state index is 4.32. The minimum absolute atomic E-state index is 0.